The molecule has 0 aromatic rings. The summed E-state index contributed by atoms with van der Waals surface area (Å²) in [6.45, 7) is 7.93. The zero-order valence-corrected chi connectivity index (χ0v) is 10.6. The molecule has 1 N–H and O–H groups in total. The standard InChI is InChI=1S/C13H24N2O/c1-13(2,11-14)6-4-7-15-9-12-5-3-8-16-10-12/h12,15H,3-10H2,1-2H3. The summed E-state index contributed by atoms with van der Waals surface area (Å²) in [4.78, 5) is 0. The fourth-order valence-corrected chi connectivity index (χ4v) is 1.99. The Morgan fingerprint density at radius 1 is 1.50 bits per heavy atom. The summed E-state index contributed by atoms with van der Waals surface area (Å²) in [6.07, 6.45) is 4.54. The molecule has 3 nitrogen and oxygen atoms in total. The third-order valence-electron chi connectivity index (χ3n) is 3.15. The molecule has 0 spiro atoms. The van der Waals surface area contributed by atoms with Gasteiger partial charge in [-0.3, -0.25) is 0 Å². The number of rotatable bonds is 6. The van der Waals surface area contributed by atoms with Crippen molar-refractivity contribution in [3.8, 4) is 6.07 Å². The van der Waals surface area contributed by atoms with E-state index in [1.54, 1.807) is 0 Å². The van der Waals surface area contributed by atoms with Gasteiger partial charge >= 0.3 is 0 Å². The van der Waals surface area contributed by atoms with Crippen molar-refractivity contribution in [1.29, 1.82) is 5.26 Å². The van der Waals surface area contributed by atoms with Crippen LogP contribution in [0.4, 0.5) is 0 Å². The van der Waals surface area contributed by atoms with Gasteiger partial charge in [-0.25, -0.2) is 0 Å². The van der Waals surface area contributed by atoms with Crippen molar-refractivity contribution in [2.24, 2.45) is 11.3 Å². The first-order chi connectivity index (χ1) is 7.64. The van der Waals surface area contributed by atoms with E-state index >= 15 is 0 Å². The van der Waals surface area contributed by atoms with Gasteiger partial charge in [0.25, 0.3) is 0 Å². The van der Waals surface area contributed by atoms with Crippen molar-refractivity contribution >= 4 is 0 Å². The predicted octanol–water partition coefficient (Wildman–Crippen LogP) is 2.33. The van der Waals surface area contributed by atoms with Gasteiger partial charge in [0.05, 0.1) is 18.1 Å². The number of hydrogen-bond acceptors (Lipinski definition) is 3. The second kappa shape index (κ2) is 6.88. The van der Waals surface area contributed by atoms with Crippen molar-refractivity contribution in [3.05, 3.63) is 0 Å². The number of hydrogen-bond donors (Lipinski definition) is 1. The fourth-order valence-electron chi connectivity index (χ4n) is 1.99. The molecular formula is C13H24N2O. The van der Waals surface area contributed by atoms with Crippen LogP contribution >= 0.6 is 0 Å². The molecule has 0 saturated carbocycles. The molecule has 1 unspecified atom stereocenters. The van der Waals surface area contributed by atoms with E-state index in [9.17, 15) is 0 Å². The molecule has 0 aromatic carbocycles. The summed E-state index contributed by atoms with van der Waals surface area (Å²) < 4.78 is 5.43. The van der Waals surface area contributed by atoms with Gasteiger partial charge in [-0.15, -0.1) is 0 Å². The summed E-state index contributed by atoms with van der Waals surface area (Å²) in [7, 11) is 0. The first-order valence-electron chi connectivity index (χ1n) is 6.34. The molecule has 1 saturated heterocycles. The van der Waals surface area contributed by atoms with Crippen LogP contribution in [0.15, 0.2) is 0 Å². The Bertz CT molecular complexity index is 227. The van der Waals surface area contributed by atoms with Crippen LogP contribution in [-0.4, -0.2) is 26.3 Å². The van der Waals surface area contributed by atoms with Gasteiger partial charge < -0.3 is 10.1 Å². The molecule has 0 amide bonds. The van der Waals surface area contributed by atoms with Crippen molar-refractivity contribution in [3.63, 3.8) is 0 Å². The second-order valence-corrected chi connectivity index (χ2v) is 5.39. The molecule has 1 heterocycles. The summed E-state index contributed by atoms with van der Waals surface area (Å²) in [5.74, 6) is 0.692. The lowest BCUT2D eigenvalue weighted by molar-refractivity contribution is 0.0548. The average Bonchev–Trinajstić information content (AvgIpc) is 2.30. The molecule has 0 aromatic heterocycles. The smallest absolute Gasteiger partial charge is 0.0683 e. The number of nitrogens with zero attached hydrogens (tertiary/aromatic N) is 1. The van der Waals surface area contributed by atoms with Gasteiger partial charge in [0.2, 0.25) is 0 Å². The summed E-state index contributed by atoms with van der Waals surface area (Å²) in [5, 5.41) is 12.3. The van der Waals surface area contributed by atoms with Crippen LogP contribution in [0, 0.1) is 22.7 Å². The van der Waals surface area contributed by atoms with Gasteiger partial charge in [0, 0.05) is 13.2 Å². The number of nitriles is 1. The van der Waals surface area contributed by atoms with Crippen LogP contribution in [0.5, 0.6) is 0 Å². The van der Waals surface area contributed by atoms with E-state index in [0.717, 1.165) is 39.1 Å². The van der Waals surface area contributed by atoms with E-state index < -0.39 is 0 Å². The van der Waals surface area contributed by atoms with Crippen LogP contribution in [0.25, 0.3) is 0 Å². The highest BCUT2D eigenvalue weighted by Crippen LogP contribution is 2.20. The molecule has 0 aliphatic carbocycles. The van der Waals surface area contributed by atoms with E-state index in [1.807, 2.05) is 13.8 Å². The van der Waals surface area contributed by atoms with Crippen molar-refractivity contribution in [2.45, 2.75) is 39.5 Å². The van der Waals surface area contributed by atoms with E-state index in [4.69, 9.17) is 10.00 Å². The Labute approximate surface area is 99.2 Å². The molecule has 1 rings (SSSR count). The van der Waals surface area contributed by atoms with Crippen LogP contribution in [0.1, 0.15) is 39.5 Å². The lowest BCUT2D eigenvalue weighted by Gasteiger charge is -2.22. The molecule has 1 atom stereocenters. The van der Waals surface area contributed by atoms with Gasteiger partial charge in [0.15, 0.2) is 0 Å². The Kier molecular flexibility index (Phi) is 5.79. The molecule has 92 valence electrons. The van der Waals surface area contributed by atoms with Gasteiger partial charge in [-0.1, -0.05) is 0 Å². The summed E-state index contributed by atoms with van der Waals surface area (Å²) >= 11 is 0. The third kappa shape index (κ3) is 5.48. The van der Waals surface area contributed by atoms with Gasteiger partial charge in [-0.05, 0) is 52.0 Å². The second-order valence-electron chi connectivity index (χ2n) is 5.39. The molecule has 1 aliphatic rings. The highest BCUT2D eigenvalue weighted by molar-refractivity contribution is 4.91. The molecular weight excluding hydrogens is 200 g/mol. The molecule has 0 bridgehead atoms. The Hall–Kier alpha value is -0.590. The Balaban J connectivity index is 1.97. The van der Waals surface area contributed by atoms with Crippen molar-refractivity contribution < 1.29 is 4.74 Å². The average molecular weight is 224 g/mol. The van der Waals surface area contributed by atoms with Crippen LogP contribution in [-0.2, 0) is 4.74 Å². The Morgan fingerprint density at radius 3 is 2.94 bits per heavy atom. The molecule has 3 heteroatoms. The molecule has 1 aliphatic heterocycles. The SMILES string of the molecule is CC(C)(C#N)CCCNCC1CCCOC1. The van der Waals surface area contributed by atoms with Crippen molar-refractivity contribution in [1.82, 2.24) is 5.32 Å². The monoisotopic (exact) mass is 224 g/mol. The topological polar surface area (TPSA) is 45.0 Å². The van der Waals surface area contributed by atoms with Crippen LogP contribution in [0.2, 0.25) is 0 Å². The van der Waals surface area contributed by atoms with Crippen LogP contribution in [0.3, 0.4) is 0 Å². The largest absolute Gasteiger partial charge is 0.381 e. The minimum Gasteiger partial charge on any atom is -0.381 e. The fraction of sp³-hybridized carbons (Fsp3) is 0.923. The maximum Gasteiger partial charge on any atom is 0.0683 e. The quantitative estimate of drug-likeness (QED) is 0.704. The first kappa shape index (κ1) is 13.5. The third-order valence-corrected chi connectivity index (χ3v) is 3.15. The lowest BCUT2D eigenvalue weighted by Crippen LogP contribution is -2.30. The van der Waals surface area contributed by atoms with E-state index in [-0.39, 0.29) is 5.41 Å². The van der Waals surface area contributed by atoms with Gasteiger partial charge in [-0.2, -0.15) is 5.26 Å². The summed E-state index contributed by atoms with van der Waals surface area (Å²) in [5.41, 5.74) is -0.171. The van der Waals surface area contributed by atoms with Crippen LogP contribution < -0.4 is 5.32 Å². The van der Waals surface area contributed by atoms with E-state index in [0.29, 0.717) is 5.92 Å². The number of nitrogens with one attached hydrogen (secondary N) is 1. The predicted molar refractivity (Wildman–Crippen MR) is 65.0 cm³/mol. The minimum atomic E-state index is -0.171. The molecule has 0 radical (unpaired) electrons. The highest BCUT2D eigenvalue weighted by Gasteiger charge is 2.16. The first-order valence-corrected chi connectivity index (χ1v) is 6.34. The zero-order chi connectivity index (χ0) is 11.9. The summed E-state index contributed by atoms with van der Waals surface area (Å²) in [6, 6.07) is 2.33. The Morgan fingerprint density at radius 2 is 2.31 bits per heavy atom. The van der Waals surface area contributed by atoms with Gasteiger partial charge in [0.1, 0.15) is 0 Å². The van der Waals surface area contributed by atoms with E-state index in [1.165, 1.54) is 12.8 Å². The maximum absolute atomic E-state index is 8.87. The minimum absolute atomic E-state index is 0.171. The highest BCUT2D eigenvalue weighted by atomic mass is 16.5. The molecule has 1 fully saturated rings. The zero-order valence-electron chi connectivity index (χ0n) is 10.6. The van der Waals surface area contributed by atoms with Crippen molar-refractivity contribution in [2.75, 3.05) is 26.3 Å². The lowest BCUT2D eigenvalue weighted by atomic mass is 9.90. The molecule has 16 heavy (non-hydrogen) atoms. The van der Waals surface area contributed by atoms with E-state index in [2.05, 4.69) is 11.4 Å². The number of ether oxygens (including phenoxy) is 1. The maximum atomic E-state index is 8.87. The normalized spacial score (nSPS) is 21.7.